The van der Waals surface area contributed by atoms with Gasteiger partial charge in [0.1, 0.15) is 6.04 Å². The molecule has 1 saturated heterocycles. The number of rotatable bonds is 6. The van der Waals surface area contributed by atoms with Crippen LogP contribution in [0.4, 0.5) is 0 Å². The Labute approximate surface area is 119 Å². The summed E-state index contributed by atoms with van der Waals surface area (Å²) in [6.07, 6.45) is 4.56. The zero-order valence-electron chi connectivity index (χ0n) is 11.9. The number of hydrogen-bond acceptors (Lipinski definition) is 2. The van der Waals surface area contributed by atoms with E-state index in [1.54, 1.807) is 0 Å². The Balaban J connectivity index is 1.78. The lowest BCUT2D eigenvalue weighted by atomic mass is 10.1. The normalized spacial score (nSPS) is 17.9. The second kappa shape index (κ2) is 7.08. The lowest BCUT2D eigenvalue weighted by Gasteiger charge is -2.11. The van der Waals surface area contributed by atoms with Gasteiger partial charge in [0.15, 0.2) is 0 Å². The molecular weight excluding hydrogens is 252 g/mol. The second-order valence-corrected chi connectivity index (χ2v) is 5.30. The fraction of sp³-hybridized carbons (Fsp3) is 0.500. The summed E-state index contributed by atoms with van der Waals surface area (Å²) in [6, 6.07) is 7.99. The SMILES string of the molecule is CCCCc1ccc(CNC(=O)C2CCC(=O)N2)cc1. The predicted molar refractivity (Wildman–Crippen MR) is 78.1 cm³/mol. The monoisotopic (exact) mass is 274 g/mol. The molecule has 0 saturated carbocycles. The lowest BCUT2D eigenvalue weighted by Crippen LogP contribution is -2.41. The third-order valence-electron chi connectivity index (χ3n) is 3.62. The Bertz CT molecular complexity index is 468. The third-order valence-corrected chi connectivity index (χ3v) is 3.62. The van der Waals surface area contributed by atoms with Crippen molar-refractivity contribution in [3.63, 3.8) is 0 Å². The number of hydrogen-bond donors (Lipinski definition) is 2. The van der Waals surface area contributed by atoms with E-state index in [4.69, 9.17) is 0 Å². The minimum atomic E-state index is -0.355. The van der Waals surface area contributed by atoms with Crippen molar-refractivity contribution in [1.29, 1.82) is 0 Å². The van der Waals surface area contributed by atoms with Crippen LogP contribution in [0.2, 0.25) is 0 Å². The maximum absolute atomic E-state index is 11.8. The van der Waals surface area contributed by atoms with Crippen LogP contribution < -0.4 is 10.6 Å². The molecule has 1 heterocycles. The van der Waals surface area contributed by atoms with Crippen LogP contribution in [-0.2, 0) is 22.6 Å². The van der Waals surface area contributed by atoms with Gasteiger partial charge in [0.2, 0.25) is 11.8 Å². The Kier molecular flexibility index (Phi) is 5.16. The topological polar surface area (TPSA) is 58.2 Å². The number of aryl methyl sites for hydroxylation is 1. The molecule has 1 unspecified atom stereocenters. The average Bonchev–Trinajstić information content (AvgIpc) is 2.90. The van der Waals surface area contributed by atoms with Crippen LogP contribution >= 0.6 is 0 Å². The summed E-state index contributed by atoms with van der Waals surface area (Å²) in [7, 11) is 0. The number of benzene rings is 1. The van der Waals surface area contributed by atoms with Crippen LogP contribution in [0.25, 0.3) is 0 Å². The first-order valence-corrected chi connectivity index (χ1v) is 7.34. The summed E-state index contributed by atoms with van der Waals surface area (Å²) in [4.78, 5) is 22.9. The molecular formula is C16H22N2O2. The molecule has 1 aromatic carbocycles. The average molecular weight is 274 g/mol. The van der Waals surface area contributed by atoms with Crippen LogP contribution in [0, 0.1) is 0 Å². The molecule has 1 aliphatic heterocycles. The van der Waals surface area contributed by atoms with Crippen molar-refractivity contribution in [1.82, 2.24) is 10.6 Å². The molecule has 0 spiro atoms. The van der Waals surface area contributed by atoms with Gasteiger partial charge in [-0.3, -0.25) is 9.59 Å². The van der Waals surface area contributed by atoms with Crippen molar-refractivity contribution in [2.45, 2.75) is 51.6 Å². The molecule has 1 aliphatic rings. The number of carbonyl (C=O) groups excluding carboxylic acids is 2. The van der Waals surface area contributed by atoms with Gasteiger partial charge in [0, 0.05) is 13.0 Å². The number of unbranched alkanes of at least 4 members (excludes halogenated alkanes) is 1. The highest BCUT2D eigenvalue weighted by atomic mass is 16.2. The Hall–Kier alpha value is -1.84. The fourth-order valence-corrected chi connectivity index (χ4v) is 2.33. The van der Waals surface area contributed by atoms with Crippen LogP contribution in [0.3, 0.4) is 0 Å². The Morgan fingerprint density at radius 1 is 1.30 bits per heavy atom. The van der Waals surface area contributed by atoms with E-state index in [0.717, 1.165) is 12.0 Å². The van der Waals surface area contributed by atoms with E-state index in [0.29, 0.717) is 19.4 Å². The summed E-state index contributed by atoms with van der Waals surface area (Å²) in [5, 5.41) is 5.54. The third kappa shape index (κ3) is 4.08. The highest BCUT2D eigenvalue weighted by Crippen LogP contribution is 2.09. The summed E-state index contributed by atoms with van der Waals surface area (Å²) < 4.78 is 0. The minimum Gasteiger partial charge on any atom is -0.350 e. The number of amides is 2. The van der Waals surface area contributed by atoms with Gasteiger partial charge in [-0.25, -0.2) is 0 Å². The number of nitrogens with one attached hydrogen (secondary N) is 2. The first kappa shape index (κ1) is 14.6. The first-order chi connectivity index (χ1) is 9.69. The maximum atomic E-state index is 11.8. The molecule has 1 aromatic rings. The standard InChI is InChI=1S/C16H22N2O2/c1-2-3-4-12-5-7-13(8-6-12)11-17-16(20)14-9-10-15(19)18-14/h5-8,14H,2-4,9-11H2,1H3,(H,17,20)(H,18,19). The second-order valence-electron chi connectivity index (χ2n) is 5.30. The maximum Gasteiger partial charge on any atom is 0.242 e. The van der Waals surface area contributed by atoms with Gasteiger partial charge in [-0.05, 0) is 30.4 Å². The smallest absolute Gasteiger partial charge is 0.242 e. The molecule has 108 valence electrons. The van der Waals surface area contributed by atoms with E-state index >= 15 is 0 Å². The highest BCUT2D eigenvalue weighted by molar-refractivity contribution is 5.90. The van der Waals surface area contributed by atoms with Crippen LogP contribution in [0.15, 0.2) is 24.3 Å². The van der Waals surface area contributed by atoms with E-state index in [9.17, 15) is 9.59 Å². The van der Waals surface area contributed by atoms with Gasteiger partial charge in [-0.15, -0.1) is 0 Å². The highest BCUT2D eigenvalue weighted by Gasteiger charge is 2.26. The zero-order chi connectivity index (χ0) is 14.4. The van der Waals surface area contributed by atoms with Crippen molar-refractivity contribution in [2.75, 3.05) is 0 Å². The summed E-state index contributed by atoms with van der Waals surface area (Å²) in [5.74, 6) is -0.128. The van der Waals surface area contributed by atoms with E-state index in [1.165, 1.54) is 18.4 Å². The first-order valence-electron chi connectivity index (χ1n) is 7.34. The van der Waals surface area contributed by atoms with E-state index in [1.807, 2.05) is 0 Å². The predicted octanol–water partition coefficient (Wildman–Crippen LogP) is 1.92. The van der Waals surface area contributed by atoms with Crippen LogP contribution in [0.1, 0.15) is 43.7 Å². The minimum absolute atomic E-state index is 0.0366. The molecule has 4 heteroatoms. The van der Waals surface area contributed by atoms with Gasteiger partial charge >= 0.3 is 0 Å². The molecule has 0 aliphatic carbocycles. The molecule has 0 bridgehead atoms. The van der Waals surface area contributed by atoms with Crippen molar-refractivity contribution < 1.29 is 9.59 Å². The van der Waals surface area contributed by atoms with E-state index in [2.05, 4.69) is 41.8 Å². The van der Waals surface area contributed by atoms with Crippen molar-refractivity contribution in [3.8, 4) is 0 Å². The molecule has 1 atom stereocenters. The van der Waals surface area contributed by atoms with Crippen molar-refractivity contribution >= 4 is 11.8 Å². The quantitative estimate of drug-likeness (QED) is 0.832. The van der Waals surface area contributed by atoms with Gasteiger partial charge in [0.05, 0.1) is 0 Å². The number of carbonyl (C=O) groups is 2. The summed E-state index contributed by atoms with van der Waals surface area (Å²) >= 11 is 0. The molecule has 2 rings (SSSR count). The van der Waals surface area contributed by atoms with Crippen LogP contribution in [-0.4, -0.2) is 17.9 Å². The molecule has 20 heavy (non-hydrogen) atoms. The summed E-state index contributed by atoms with van der Waals surface area (Å²) in [5.41, 5.74) is 2.42. The molecule has 1 fully saturated rings. The zero-order valence-corrected chi connectivity index (χ0v) is 11.9. The molecule has 2 amide bonds. The van der Waals surface area contributed by atoms with Gasteiger partial charge in [-0.2, -0.15) is 0 Å². The van der Waals surface area contributed by atoms with Gasteiger partial charge < -0.3 is 10.6 Å². The fourth-order valence-electron chi connectivity index (χ4n) is 2.33. The molecule has 2 N–H and O–H groups in total. The Morgan fingerprint density at radius 3 is 2.60 bits per heavy atom. The molecule has 4 nitrogen and oxygen atoms in total. The molecule has 0 radical (unpaired) electrons. The summed E-state index contributed by atoms with van der Waals surface area (Å²) in [6.45, 7) is 2.70. The van der Waals surface area contributed by atoms with E-state index < -0.39 is 0 Å². The van der Waals surface area contributed by atoms with Crippen molar-refractivity contribution in [2.24, 2.45) is 0 Å². The largest absolute Gasteiger partial charge is 0.350 e. The van der Waals surface area contributed by atoms with Crippen LogP contribution in [0.5, 0.6) is 0 Å². The Morgan fingerprint density at radius 2 is 2.00 bits per heavy atom. The van der Waals surface area contributed by atoms with E-state index in [-0.39, 0.29) is 17.9 Å². The molecule has 0 aromatic heterocycles. The van der Waals surface area contributed by atoms with Gasteiger partial charge in [-0.1, -0.05) is 37.6 Å². The van der Waals surface area contributed by atoms with Gasteiger partial charge in [0.25, 0.3) is 0 Å². The lowest BCUT2D eigenvalue weighted by molar-refractivity contribution is -0.125. The van der Waals surface area contributed by atoms with Crippen molar-refractivity contribution in [3.05, 3.63) is 35.4 Å².